The topological polar surface area (TPSA) is 72.4 Å². The third-order valence-electron chi connectivity index (χ3n) is 2.95. The second-order valence-electron chi connectivity index (χ2n) is 4.32. The third kappa shape index (κ3) is 2.78. The number of hydrogen-bond donors (Lipinski definition) is 1. The number of non-ortho nitro benzene ring substituents is 1. The molecule has 0 aromatic heterocycles. The van der Waals surface area contributed by atoms with Crippen LogP contribution in [-0.2, 0) is 6.54 Å². The van der Waals surface area contributed by atoms with Gasteiger partial charge in [0.2, 0.25) is 0 Å². The Kier molecular flexibility index (Phi) is 3.35. The summed E-state index contributed by atoms with van der Waals surface area (Å²) in [7, 11) is 0. The number of halogens is 1. The second-order valence-corrected chi connectivity index (χ2v) is 4.32. The molecule has 1 saturated heterocycles. The fourth-order valence-electron chi connectivity index (χ4n) is 2.03. The minimum absolute atomic E-state index is 0.149. The molecule has 6 heteroatoms. The fourth-order valence-corrected chi connectivity index (χ4v) is 2.03. The summed E-state index contributed by atoms with van der Waals surface area (Å²) in [6, 6.07) is 3.91. The van der Waals surface area contributed by atoms with Gasteiger partial charge in [-0.3, -0.25) is 15.0 Å². The maximum atomic E-state index is 13.6. The lowest BCUT2D eigenvalue weighted by atomic mass is 10.2. The highest BCUT2D eigenvalue weighted by Gasteiger charge is 2.20. The van der Waals surface area contributed by atoms with E-state index in [2.05, 4.69) is 4.90 Å². The van der Waals surface area contributed by atoms with Gasteiger partial charge in [0.15, 0.2) is 0 Å². The standard InChI is InChI=1S/C11H14FN3O2/c12-11-5-10(15(16)17)2-1-8(11)6-14-4-3-9(13)7-14/h1-2,5,9H,3-4,6-7,13H2/t9-/m0/s1. The number of rotatable bonds is 3. The molecule has 1 heterocycles. The molecule has 1 aliphatic rings. The molecule has 1 aromatic rings. The van der Waals surface area contributed by atoms with Crippen LogP contribution in [0.5, 0.6) is 0 Å². The molecule has 1 atom stereocenters. The third-order valence-corrected chi connectivity index (χ3v) is 2.95. The molecule has 2 rings (SSSR count). The Bertz CT molecular complexity index is 439. The van der Waals surface area contributed by atoms with Crippen molar-refractivity contribution in [1.29, 1.82) is 0 Å². The largest absolute Gasteiger partial charge is 0.326 e. The van der Waals surface area contributed by atoms with Crippen molar-refractivity contribution < 1.29 is 9.31 Å². The van der Waals surface area contributed by atoms with Crippen molar-refractivity contribution >= 4 is 5.69 Å². The first-order chi connectivity index (χ1) is 8.06. The van der Waals surface area contributed by atoms with Crippen LogP contribution in [0.2, 0.25) is 0 Å². The van der Waals surface area contributed by atoms with Crippen molar-refractivity contribution in [1.82, 2.24) is 4.90 Å². The summed E-state index contributed by atoms with van der Waals surface area (Å²) < 4.78 is 13.6. The van der Waals surface area contributed by atoms with Gasteiger partial charge < -0.3 is 5.73 Å². The molecule has 0 aliphatic carbocycles. The second kappa shape index (κ2) is 4.77. The SMILES string of the molecule is N[C@H]1CCN(Cc2ccc([N+](=O)[O-])cc2F)C1. The van der Waals surface area contributed by atoms with Crippen LogP contribution in [0.1, 0.15) is 12.0 Å². The van der Waals surface area contributed by atoms with Crippen molar-refractivity contribution in [3.8, 4) is 0 Å². The van der Waals surface area contributed by atoms with E-state index >= 15 is 0 Å². The zero-order valence-corrected chi connectivity index (χ0v) is 9.30. The van der Waals surface area contributed by atoms with Crippen molar-refractivity contribution in [3.05, 3.63) is 39.7 Å². The summed E-state index contributed by atoms with van der Waals surface area (Å²) in [6.07, 6.45) is 0.911. The first kappa shape index (κ1) is 11.9. The zero-order chi connectivity index (χ0) is 12.4. The maximum absolute atomic E-state index is 13.6. The van der Waals surface area contributed by atoms with Gasteiger partial charge in [0.1, 0.15) is 5.82 Å². The molecule has 1 aliphatic heterocycles. The minimum atomic E-state index is -0.599. The van der Waals surface area contributed by atoms with E-state index in [9.17, 15) is 14.5 Å². The summed E-state index contributed by atoms with van der Waals surface area (Å²) in [4.78, 5) is 11.9. The van der Waals surface area contributed by atoms with Gasteiger partial charge in [0, 0.05) is 37.3 Å². The van der Waals surface area contributed by atoms with Gasteiger partial charge in [-0.05, 0) is 12.5 Å². The molecule has 1 fully saturated rings. The van der Waals surface area contributed by atoms with E-state index in [4.69, 9.17) is 5.73 Å². The average molecular weight is 239 g/mol. The Morgan fingerprint density at radius 1 is 1.59 bits per heavy atom. The van der Waals surface area contributed by atoms with Gasteiger partial charge >= 0.3 is 0 Å². The molecule has 0 amide bonds. The number of nitrogens with zero attached hydrogens (tertiary/aromatic N) is 2. The molecule has 0 spiro atoms. The van der Waals surface area contributed by atoms with Gasteiger partial charge in [-0.25, -0.2) is 4.39 Å². The van der Waals surface area contributed by atoms with Crippen LogP contribution in [0.25, 0.3) is 0 Å². The highest BCUT2D eigenvalue weighted by atomic mass is 19.1. The molecule has 17 heavy (non-hydrogen) atoms. The van der Waals surface area contributed by atoms with E-state index in [0.717, 1.165) is 25.6 Å². The van der Waals surface area contributed by atoms with Gasteiger partial charge in [-0.15, -0.1) is 0 Å². The van der Waals surface area contributed by atoms with Crippen molar-refractivity contribution in [2.45, 2.75) is 19.0 Å². The summed E-state index contributed by atoms with van der Waals surface area (Å²) in [6.45, 7) is 2.05. The average Bonchev–Trinajstić information content (AvgIpc) is 2.67. The normalized spacial score (nSPS) is 20.7. The highest BCUT2D eigenvalue weighted by Crippen LogP contribution is 2.19. The Morgan fingerprint density at radius 2 is 2.35 bits per heavy atom. The molecule has 5 nitrogen and oxygen atoms in total. The lowest BCUT2D eigenvalue weighted by Crippen LogP contribution is -2.26. The Morgan fingerprint density at radius 3 is 2.88 bits per heavy atom. The van der Waals surface area contributed by atoms with E-state index in [1.165, 1.54) is 12.1 Å². The number of nitro benzene ring substituents is 1. The summed E-state index contributed by atoms with van der Waals surface area (Å²) in [5.74, 6) is -0.528. The Labute approximate surface area is 98.2 Å². The quantitative estimate of drug-likeness (QED) is 0.636. The smallest absolute Gasteiger partial charge is 0.272 e. The first-order valence-corrected chi connectivity index (χ1v) is 5.47. The first-order valence-electron chi connectivity index (χ1n) is 5.47. The van der Waals surface area contributed by atoms with Crippen molar-refractivity contribution in [3.63, 3.8) is 0 Å². The number of nitrogens with two attached hydrogens (primary N) is 1. The molecule has 0 radical (unpaired) electrons. The Balaban J connectivity index is 2.09. The number of hydrogen-bond acceptors (Lipinski definition) is 4. The predicted molar refractivity (Wildman–Crippen MR) is 60.9 cm³/mol. The molecular weight excluding hydrogens is 225 g/mol. The van der Waals surface area contributed by atoms with Crippen LogP contribution < -0.4 is 5.73 Å². The molecule has 0 bridgehead atoms. The summed E-state index contributed by atoms with van der Waals surface area (Å²) in [5, 5.41) is 10.5. The van der Waals surface area contributed by atoms with E-state index in [0.29, 0.717) is 12.1 Å². The predicted octanol–water partition coefficient (Wildman–Crippen LogP) is 1.27. The summed E-state index contributed by atoms with van der Waals surface area (Å²) in [5.41, 5.74) is 6.01. The van der Waals surface area contributed by atoms with Crippen molar-refractivity contribution in [2.24, 2.45) is 5.73 Å². The van der Waals surface area contributed by atoms with E-state index in [1.54, 1.807) is 0 Å². The number of benzene rings is 1. The molecule has 0 unspecified atom stereocenters. The van der Waals surface area contributed by atoms with E-state index in [-0.39, 0.29) is 11.7 Å². The van der Waals surface area contributed by atoms with Gasteiger partial charge in [-0.2, -0.15) is 0 Å². The number of likely N-dealkylation sites (tertiary alicyclic amines) is 1. The lowest BCUT2D eigenvalue weighted by Gasteiger charge is -2.15. The van der Waals surface area contributed by atoms with Crippen LogP contribution in [0.15, 0.2) is 18.2 Å². The van der Waals surface area contributed by atoms with E-state index in [1.807, 2.05) is 0 Å². The lowest BCUT2D eigenvalue weighted by molar-refractivity contribution is -0.385. The fraction of sp³-hybridized carbons (Fsp3) is 0.455. The minimum Gasteiger partial charge on any atom is -0.326 e. The van der Waals surface area contributed by atoms with Crippen LogP contribution in [0, 0.1) is 15.9 Å². The Hall–Kier alpha value is -1.53. The molecule has 2 N–H and O–H groups in total. The molecule has 1 aromatic carbocycles. The van der Waals surface area contributed by atoms with Crippen LogP contribution in [0.3, 0.4) is 0 Å². The zero-order valence-electron chi connectivity index (χ0n) is 9.30. The highest BCUT2D eigenvalue weighted by molar-refractivity contribution is 5.34. The van der Waals surface area contributed by atoms with E-state index < -0.39 is 10.7 Å². The monoisotopic (exact) mass is 239 g/mol. The van der Waals surface area contributed by atoms with Gasteiger partial charge in [-0.1, -0.05) is 0 Å². The van der Waals surface area contributed by atoms with Crippen LogP contribution >= 0.6 is 0 Å². The molecule has 0 saturated carbocycles. The summed E-state index contributed by atoms with van der Waals surface area (Å²) >= 11 is 0. The van der Waals surface area contributed by atoms with Crippen molar-refractivity contribution in [2.75, 3.05) is 13.1 Å². The number of nitro groups is 1. The molecule has 92 valence electrons. The van der Waals surface area contributed by atoms with Gasteiger partial charge in [0.25, 0.3) is 5.69 Å². The van der Waals surface area contributed by atoms with Crippen LogP contribution in [-0.4, -0.2) is 29.0 Å². The maximum Gasteiger partial charge on any atom is 0.272 e. The van der Waals surface area contributed by atoms with Crippen LogP contribution in [0.4, 0.5) is 10.1 Å². The van der Waals surface area contributed by atoms with Gasteiger partial charge in [0.05, 0.1) is 11.0 Å². The molecular formula is C11H14FN3O2.